The molecule has 2 nitrogen and oxygen atoms in total. The van der Waals surface area contributed by atoms with E-state index in [4.69, 9.17) is 17.3 Å². The van der Waals surface area contributed by atoms with Gasteiger partial charge in [0, 0.05) is 23.5 Å². The third-order valence-electron chi connectivity index (χ3n) is 1.73. The maximum Gasteiger partial charge on any atom is 0.0931 e. The topological polar surface area (TPSA) is 29.3 Å². The molecule has 88 valence electrons. The first-order chi connectivity index (χ1) is 6.37. The molecular weight excluding hydrogens is 251 g/mol. The summed E-state index contributed by atoms with van der Waals surface area (Å²) < 4.78 is 0.848. The number of hydrogen-bond donors (Lipinski definition) is 1. The van der Waals surface area contributed by atoms with Crippen LogP contribution in [0.1, 0.15) is 18.7 Å². The van der Waals surface area contributed by atoms with Crippen LogP contribution in [0, 0.1) is 0 Å². The average Bonchev–Trinajstić information content (AvgIpc) is 2.30. The minimum Gasteiger partial charge on any atom is -0.324 e. The Bertz CT molecular complexity index is 294. The molecule has 0 bridgehead atoms. The van der Waals surface area contributed by atoms with Crippen LogP contribution in [-0.2, 0) is 6.54 Å². The van der Waals surface area contributed by atoms with E-state index in [0.717, 1.165) is 17.4 Å². The van der Waals surface area contributed by atoms with Gasteiger partial charge >= 0.3 is 0 Å². The number of likely N-dealkylation sites (N-methyl/N-ethyl adjacent to an activating group) is 1. The zero-order valence-electron chi connectivity index (χ0n) is 9.29. The van der Waals surface area contributed by atoms with Gasteiger partial charge in [0.05, 0.1) is 4.34 Å². The molecule has 0 saturated carbocycles. The van der Waals surface area contributed by atoms with Crippen molar-refractivity contribution in [2.24, 2.45) is 5.73 Å². The highest BCUT2D eigenvalue weighted by Crippen LogP contribution is 2.22. The van der Waals surface area contributed by atoms with Gasteiger partial charge in [-0.15, -0.1) is 23.7 Å². The van der Waals surface area contributed by atoms with E-state index in [1.54, 1.807) is 11.3 Å². The molecular formula is C10H18Cl2N2S. The van der Waals surface area contributed by atoms with Gasteiger partial charge in [0.15, 0.2) is 0 Å². The zero-order chi connectivity index (χ0) is 10.8. The van der Waals surface area contributed by atoms with Crippen LogP contribution in [0.5, 0.6) is 0 Å². The van der Waals surface area contributed by atoms with Crippen LogP contribution < -0.4 is 5.73 Å². The molecule has 0 aromatic carbocycles. The summed E-state index contributed by atoms with van der Waals surface area (Å²) in [6.45, 7) is 5.86. The highest BCUT2D eigenvalue weighted by Gasteiger charge is 2.14. The molecule has 1 aromatic rings. The van der Waals surface area contributed by atoms with Gasteiger partial charge in [-0.25, -0.2) is 0 Å². The molecule has 0 amide bonds. The number of hydrogen-bond acceptors (Lipinski definition) is 3. The van der Waals surface area contributed by atoms with Crippen molar-refractivity contribution in [3.63, 3.8) is 0 Å². The first kappa shape index (κ1) is 15.2. The van der Waals surface area contributed by atoms with E-state index in [1.807, 2.05) is 19.9 Å². The Labute approximate surface area is 107 Å². The maximum absolute atomic E-state index is 5.93. The van der Waals surface area contributed by atoms with E-state index in [-0.39, 0.29) is 17.9 Å². The Morgan fingerprint density at radius 2 is 2.07 bits per heavy atom. The van der Waals surface area contributed by atoms with Crippen molar-refractivity contribution in [3.05, 3.63) is 21.3 Å². The number of rotatable bonds is 4. The fourth-order valence-electron chi connectivity index (χ4n) is 1.45. The summed E-state index contributed by atoms with van der Waals surface area (Å²) in [4.78, 5) is 3.49. The summed E-state index contributed by atoms with van der Waals surface area (Å²) in [6.07, 6.45) is 0. The zero-order valence-corrected chi connectivity index (χ0v) is 11.7. The molecule has 0 unspecified atom stereocenters. The Hall–Kier alpha value is 0.200. The quantitative estimate of drug-likeness (QED) is 0.910. The second-order valence-corrected chi connectivity index (χ2v) is 6.17. The predicted octanol–water partition coefficient (Wildman–Crippen LogP) is 2.99. The maximum atomic E-state index is 5.93. The largest absolute Gasteiger partial charge is 0.324 e. The molecule has 15 heavy (non-hydrogen) atoms. The lowest BCUT2D eigenvalue weighted by atomic mass is 10.1. The highest BCUT2D eigenvalue weighted by atomic mass is 35.5. The molecule has 0 aliphatic carbocycles. The molecule has 5 heteroatoms. The third kappa shape index (κ3) is 6.38. The van der Waals surface area contributed by atoms with E-state index in [9.17, 15) is 0 Å². The summed E-state index contributed by atoms with van der Waals surface area (Å²) in [7, 11) is 2.07. The summed E-state index contributed by atoms with van der Waals surface area (Å²) in [5.74, 6) is 0. The lowest BCUT2D eigenvalue weighted by molar-refractivity contribution is 0.265. The highest BCUT2D eigenvalue weighted by molar-refractivity contribution is 7.16. The minimum absolute atomic E-state index is 0. The van der Waals surface area contributed by atoms with Crippen molar-refractivity contribution in [3.8, 4) is 0 Å². The van der Waals surface area contributed by atoms with Gasteiger partial charge in [-0.1, -0.05) is 11.6 Å². The molecule has 0 saturated heterocycles. The van der Waals surface area contributed by atoms with E-state index < -0.39 is 0 Å². The second kappa shape index (κ2) is 6.06. The Morgan fingerprint density at radius 1 is 1.47 bits per heavy atom. The first-order valence-electron chi connectivity index (χ1n) is 4.58. The summed E-state index contributed by atoms with van der Waals surface area (Å²) in [5, 5.41) is 0. The van der Waals surface area contributed by atoms with Crippen LogP contribution in [0.2, 0.25) is 4.34 Å². The van der Waals surface area contributed by atoms with Crippen molar-refractivity contribution < 1.29 is 0 Å². The summed E-state index contributed by atoms with van der Waals surface area (Å²) in [6, 6.07) is 4.00. The predicted molar refractivity (Wildman–Crippen MR) is 71.2 cm³/mol. The number of thiophene rings is 1. The van der Waals surface area contributed by atoms with Crippen LogP contribution in [0.4, 0.5) is 0 Å². The van der Waals surface area contributed by atoms with Gasteiger partial charge in [0.25, 0.3) is 0 Å². The molecule has 0 radical (unpaired) electrons. The summed E-state index contributed by atoms with van der Waals surface area (Å²) >= 11 is 7.48. The molecule has 0 fully saturated rings. The van der Waals surface area contributed by atoms with Crippen LogP contribution in [0.25, 0.3) is 0 Å². The normalized spacial score (nSPS) is 11.6. The molecule has 0 spiro atoms. The second-order valence-electron chi connectivity index (χ2n) is 4.37. The average molecular weight is 269 g/mol. The van der Waals surface area contributed by atoms with Gasteiger partial charge in [-0.3, -0.25) is 4.90 Å². The van der Waals surface area contributed by atoms with E-state index in [2.05, 4.69) is 18.0 Å². The van der Waals surface area contributed by atoms with Crippen molar-refractivity contribution in [1.29, 1.82) is 0 Å². The van der Waals surface area contributed by atoms with Gasteiger partial charge in [0.2, 0.25) is 0 Å². The lowest BCUT2D eigenvalue weighted by Crippen LogP contribution is -2.43. The minimum atomic E-state index is -0.143. The van der Waals surface area contributed by atoms with Crippen LogP contribution in [0.15, 0.2) is 12.1 Å². The van der Waals surface area contributed by atoms with Crippen molar-refractivity contribution in [2.75, 3.05) is 13.6 Å². The molecule has 2 N–H and O–H groups in total. The monoisotopic (exact) mass is 268 g/mol. The van der Waals surface area contributed by atoms with Gasteiger partial charge < -0.3 is 5.73 Å². The van der Waals surface area contributed by atoms with Crippen LogP contribution >= 0.6 is 35.3 Å². The van der Waals surface area contributed by atoms with Crippen molar-refractivity contribution in [2.45, 2.75) is 25.9 Å². The SMILES string of the molecule is CN(Cc1ccc(Cl)s1)CC(C)(C)N.Cl. The Morgan fingerprint density at radius 3 is 2.47 bits per heavy atom. The number of nitrogens with two attached hydrogens (primary N) is 1. The summed E-state index contributed by atoms with van der Waals surface area (Å²) in [5.41, 5.74) is 5.79. The van der Waals surface area contributed by atoms with E-state index >= 15 is 0 Å². The molecule has 1 aromatic heterocycles. The van der Waals surface area contributed by atoms with Crippen LogP contribution in [-0.4, -0.2) is 24.0 Å². The molecule has 1 rings (SSSR count). The van der Waals surface area contributed by atoms with Gasteiger partial charge in [0.1, 0.15) is 0 Å². The molecule has 0 aliphatic heterocycles. The lowest BCUT2D eigenvalue weighted by Gasteiger charge is -2.25. The van der Waals surface area contributed by atoms with Crippen molar-refractivity contribution in [1.82, 2.24) is 4.90 Å². The molecule has 0 atom stereocenters. The van der Waals surface area contributed by atoms with E-state index in [1.165, 1.54) is 4.88 Å². The van der Waals surface area contributed by atoms with Crippen LogP contribution in [0.3, 0.4) is 0 Å². The number of nitrogens with zero attached hydrogens (tertiary/aromatic N) is 1. The van der Waals surface area contributed by atoms with E-state index in [0.29, 0.717) is 0 Å². The Kier molecular flexibility index (Phi) is 6.14. The standard InChI is InChI=1S/C10H17ClN2S.ClH/c1-10(2,12)7-13(3)6-8-4-5-9(11)14-8;/h4-5H,6-7,12H2,1-3H3;1H. The Balaban J connectivity index is 0.00000196. The van der Waals surface area contributed by atoms with Gasteiger partial charge in [-0.05, 0) is 33.0 Å². The third-order valence-corrected chi connectivity index (χ3v) is 2.95. The number of halogens is 2. The fraction of sp³-hybridized carbons (Fsp3) is 0.600. The molecule has 0 aliphatic rings. The first-order valence-corrected chi connectivity index (χ1v) is 5.78. The van der Waals surface area contributed by atoms with Crippen molar-refractivity contribution >= 4 is 35.3 Å². The smallest absolute Gasteiger partial charge is 0.0931 e. The van der Waals surface area contributed by atoms with Gasteiger partial charge in [-0.2, -0.15) is 0 Å². The fourth-order valence-corrected chi connectivity index (χ4v) is 2.62. The molecule has 1 heterocycles.